The minimum Gasteiger partial charge on any atom is -0.370 e. The Morgan fingerprint density at radius 2 is 2.15 bits per heavy atom. The topological polar surface area (TPSA) is 80.1 Å². The fourth-order valence-electron chi connectivity index (χ4n) is 2.97. The maximum absolute atomic E-state index is 11.9. The standard InChI is InChI=1S/C19H23N5O2/c1-23-19(26)12-17(14-22-23)24-10-7-15(8-11-24)13-21-18(25)6-5-16-4-2-3-9-20-16/h2-6,9,12,14-15H,7-8,10-11,13H2,1H3,(H,21,25). The van der Waals surface area contributed by atoms with Crippen molar-refractivity contribution in [3.8, 4) is 0 Å². The van der Waals surface area contributed by atoms with Crippen molar-refractivity contribution in [2.24, 2.45) is 13.0 Å². The Morgan fingerprint density at radius 1 is 1.35 bits per heavy atom. The summed E-state index contributed by atoms with van der Waals surface area (Å²) in [7, 11) is 1.64. The van der Waals surface area contributed by atoms with Crippen molar-refractivity contribution < 1.29 is 4.79 Å². The lowest BCUT2D eigenvalue weighted by Gasteiger charge is -2.33. The number of piperidine rings is 1. The van der Waals surface area contributed by atoms with E-state index in [0.29, 0.717) is 12.5 Å². The summed E-state index contributed by atoms with van der Waals surface area (Å²) in [5, 5.41) is 7.03. The summed E-state index contributed by atoms with van der Waals surface area (Å²) < 4.78 is 1.32. The third-order valence-electron chi connectivity index (χ3n) is 4.59. The summed E-state index contributed by atoms with van der Waals surface area (Å²) in [6.45, 7) is 2.38. The lowest BCUT2D eigenvalue weighted by molar-refractivity contribution is -0.116. The first kappa shape index (κ1) is 17.8. The zero-order chi connectivity index (χ0) is 18.4. The first-order valence-corrected chi connectivity index (χ1v) is 8.77. The lowest BCUT2D eigenvalue weighted by atomic mass is 9.96. The van der Waals surface area contributed by atoms with Gasteiger partial charge in [-0.1, -0.05) is 6.07 Å². The number of aromatic nitrogens is 3. The number of anilines is 1. The summed E-state index contributed by atoms with van der Waals surface area (Å²) in [5.74, 6) is 0.340. The zero-order valence-electron chi connectivity index (χ0n) is 14.8. The van der Waals surface area contributed by atoms with Gasteiger partial charge in [0, 0.05) is 45.0 Å². The van der Waals surface area contributed by atoms with Crippen LogP contribution in [0.4, 0.5) is 5.69 Å². The molecule has 3 rings (SSSR count). The fourth-order valence-corrected chi connectivity index (χ4v) is 2.97. The molecule has 7 nitrogen and oxygen atoms in total. The minimum absolute atomic E-state index is 0.100. The number of carbonyl (C=O) groups excluding carboxylic acids is 1. The Hall–Kier alpha value is -2.96. The van der Waals surface area contributed by atoms with Gasteiger partial charge in [0.25, 0.3) is 5.56 Å². The van der Waals surface area contributed by atoms with Crippen molar-refractivity contribution in [3.05, 3.63) is 58.8 Å². The van der Waals surface area contributed by atoms with Gasteiger partial charge in [-0.3, -0.25) is 14.6 Å². The molecule has 0 unspecified atom stereocenters. The van der Waals surface area contributed by atoms with Crippen LogP contribution in [0.25, 0.3) is 6.08 Å². The molecule has 136 valence electrons. The smallest absolute Gasteiger partial charge is 0.268 e. The molecule has 1 saturated heterocycles. The Balaban J connectivity index is 1.44. The van der Waals surface area contributed by atoms with E-state index in [2.05, 4.69) is 20.3 Å². The van der Waals surface area contributed by atoms with E-state index >= 15 is 0 Å². The fraction of sp³-hybridized carbons (Fsp3) is 0.368. The van der Waals surface area contributed by atoms with E-state index in [-0.39, 0.29) is 11.5 Å². The zero-order valence-corrected chi connectivity index (χ0v) is 14.8. The number of carbonyl (C=O) groups is 1. The maximum Gasteiger partial charge on any atom is 0.268 e. The molecule has 0 aromatic carbocycles. The molecule has 0 spiro atoms. The van der Waals surface area contributed by atoms with Crippen LogP contribution in [-0.4, -0.2) is 40.3 Å². The van der Waals surface area contributed by atoms with Gasteiger partial charge >= 0.3 is 0 Å². The quantitative estimate of drug-likeness (QED) is 0.818. The average Bonchev–Trinajstić information content (AvgIpc) is 2.68. The normalized spacial score (nSPS) is 15.3. The summed E-state index contributed by atoms with van der Waals surface area (Å²) in [5.41, 5.74) is 1.53. The van der Waals surface area contributed by atoms with Gasteiger partial charge in [0.2, 0.25) is 5.91 Å². The number of hydrogen-bond donors (Lipinski definition) is 1. The van der Waals surface area contributed by atoms with Crippen molar-refractivity contribution >= 4 is 17.7 Å². The van der Waals surface area contributed by atoms with Gasteiger partial charge in [0.15, 0.2) is 0 Å². The Morgan fingerprint density at radius 3 is 2.85 bits per heavy atom. The second kappa shape index (κ2) is 8.42. The number of amides is 1. The molecule has 3 heterocycles. The van der Waals surface area contributed by atoms with Gasteiger partial charge in [0.1, 0.15) is 0 Å². The van der Waals surface area contributed by atoms with E-state index in [1.54, 1.807) is 31.6 Å². The van der Waals surface area contributed by atoms with Gasteiger partial charge in [0.05, 0.1) is 17.6 Å². The molecule has 0 aliphatic carbocycles. The highest BCUT2D eigenvalue weighted by Crippen LogP contribution is 2.21. The second-order valence-electron chi connectivity index (χ2n) is 6.44. The monoisotopic (exact) mass is 353 g/mol. The summed E-state index contributed by atoms with van der Waals surface area (Å²) in [4.78, 5) is 30.0. The molecule has 0 radical (unpaired) electrons. The van der Waals surface area contributed by atoms with Gasteiger partial charge in [-0.15, -0.1) is 0 Å². The number of nitrogens with zero attached hydrogens (tertiary/aromatic N) is 4. The molecule has 1 aliphatic heterocycles. The van der Waals surface area contributed by atoms with Crippen molar-refractivity contribution in [2.45, 2.75) is 12.8 Å². The Kier molecular flexibility index (Phi) is 5.78. The van der Waals surface area contributed by atoms with E-state index in [9.17, 15) is 9.59 Å². The SMILES string of the molecule is Cn1ncc(N2CCC(CNC(=O)C=Cc3ccccn3)CC2)cc1=O. The van der Waals surface area contributed by atoms with Crippen molar-refractivity contribution in [1.82, 2.24) is 20.1 Å². The molecule has 7 heteroatoms. The molecule has 0 bridgehead atoms. The molecule has 2 aromatic rings. The molecule has 1 fully saturated rings. The molecular weight excluding hydrogens is 330 g/mol. The number of rotatable bonds is 5. The number of aryl methyl sites for hydroxylation is 1. The first-order chi connectivity index (χ1) is 12.6. The summed E-state index contributed by atoms with van der Waals surface area (Å²) in [6.07, 6.45) is 8.60. The Labute approximate surface area is 152 Å². The van der Waals surface area contributed by atoms with Crippen LogP contribution >= 0.6 is 0 Å². The van der Waals surface area contributed by atoms with Crippen LogP contribution in [0, 0.1) is 5.92 Å². The van der Waals surface area contributed by atoms with Gasteiger partial charge in [-0.05, 0) is 37.0 Å². The van der Waals surface area contributed by atoms with E-state index < -0.39 is 0 Å². The predicted octanol–water partition coefficient (Wildman–Crippen LogP) is 1.22. The highest BCUT2D eigenvalue weighted by molar-refractivity contribution is 5.91. The molecule has 1 N–H and O–H groups in total. The van der Waals surface area contributed by atoms with Crippen LogP contribution in [0.2, 0.25) is 0 Å². The number of pyridine rings is 1. The molecular formula is C19H23N5O2. The predicted molar refractivity (Wildman–Crippen MR) is 101 cm³/mol. The van der Waals surface area contributed by atoms with Crippen LogP contribution in [0.15, 0.2) is 47.5 Å². The van der Waals surface area contributed by atoms with Crippen LogP contribution in [0.1, 0.15) is 18.5 Å². The van der Waals surface area contributed by atoms with Crippen molar-refractivity contribution in [1.29, 1.82) is 0 Å². The van der Waals surface area contributed by atoms with Crippen LogP contribution < -0.4 is 15.8 Å². The van der Waals surface area contributed by atoms with E-state index in [1.165, 1.54) is 10.8 Å². The Bertz CT molecular complexity index is 823. The number of nitrogens with one attached hydrogen (secondary N) is 1. The highest BCUT2D eigenvalue weighted by Gasteiger charge is 2.20. The van der Waals surface area contributed by atoms with E-state index in [4.69, 9.17) is 0 Å². The summed E-state index contributed by atoms with van der Waals surface area (Å²) >= 11 is 0. The molecule has 2 aromatic heterocycles. The van der Waals surface area contributed by atoms with Crippen LogP contribution in [-0.2, 0) is 11.8 Å². The lowest BCUT2D eigenvalue weighted by Crippen LogP contribution is -2.39. The molecule has 1 aliphatic rings. The van der Waals surface area contributed by atoms with Crippen LogP contribution in [0.3, 0.4) is 0 Å². The molecule has 26 heavy (non-hydrogen) atoms. The maximum atomic E-state index is 11.9. The van der Waals surface area contributed by atoms with Gasteiger partial charge in [-0.2, -0.15) is 5.10 Å². The average molecular weight is 353 g/mol. The van der Waals surface area contributed by atoms with Gasteiger partial charge in [-0.25, -0.2) is 4.68 Å². The third kappa shape index (κ3) is 4.78. The second-order valence-corrected chi connectivity index (χ2v) is 6.44. The first-order valence-electron chi connectivity index (χ1n) is 8.77. The van der Waals surface area contributed by atoms with Gasteiger partial charge < -0.3 is 10.2 Å². The third-order valence-corrected chi connectivity index (χ3v) is 4.59. The summed E-state index contributed by atoms with van der Waals surface area (Å²) in [6, 6.07) is 7.20. The largest absolute Gasteiger partial charge is 0.370 e. The van der Waals surface area contributed by atoms with Crippen LogP contribution in [0.5, 0.6) is 0 Å². The van der Waals surface area contributed by atoms with E-state index in [1.807, 2.05) is 18.2 Å². The molecule has 0 atom stereocenters. The van der Waals surface area contributed by atoms with E-state index in [0.717, 1.165) is 37.3 Å². The molecule has 1 amide bonds. The van der Waals surface area contributed by atoms with Crippen molar-refractivity contribution in [2.75, 3.05) is 24.5 Å². The minimum atomic E-state index is -0.103. The van der Waals surface area contributed by atoms with Crippen molar-refractivity contribution in [3.63, 3.8) is 0 Å². The molecule has 0 saturated carbocycles. The highest BCUT2D eigenvalue weighted by atomic mass is 16.1. The number of hydrogen-bond acceptors (Lipinski definition) is 5.